The van der Waals surface area contributed by atoms with E-state index in [9.17, 15) is 18.0 Å². The van der Waals surface area contributed by atoms with Crippen molar-refractivity contribution < 1.29 is 22.7 Å². The van der Waals surface area contributed by atoms with Crippen molar-refractivity contribution in [1.82, 2.24) is 10.2 Å². The van der Waals surface area contributed by atoms with Crippen LogP contribution in [-0.2, 0) is 6.18 Å². The van der Waals surface area contributed by atoms with Crippen LogP contribution < -0.4 is 10.1 Å². The summed E-state index contributed by atoms with van der Waals surface area (Å²) >= 11 is 0. The lowest BCUT2D eigenvalue weighted by atomic mass is 10.0. The smallest absolute Gasteiger partial charge is 0.416 e. The van der Waals surface area contributed by atoms with Gasteiger partial charge in [-0.15, -0.1) is 0 Å². The van der Waals surface area contributed by atoms with Gasteiger partial charge in [-0.3, -0.25) is 4.79 Å². The molecule has 4 nitrogen and oxygen atoms in total. The summed E-state index contributed by atoms with van der Waals surface area (Å²) in [6, 6.07) is 10.1. The molecule has 1 N–H and O–H groups in total. The number of piperazine rings is 1. The fourth-order valence-electron chi connectivity index (χ4n) is 3.37. The highest BCUT2D eigenvalue weighted by Crippen LogP contribution is 2.33. The average Bonchev–Trinajstić information content (AvgIpc) is 2.78. The van der Waals surface area contributed by atoms with Crippen molar-refractivity contribution in [3.8, 4) is 16.9 Å². The number of benzene rings is 2. The molecular weight excluding hydrogens is 345 g/mol. The second-order valence-electron chi connectivity index (χ2n) is 6.45. The summed E-state index contributed by atoms with van der Waals surface area (Å²) < 4.78 is 44.0. The number of fused-ring (bicyclic) bond motifs is 2. The van der Waals surface area contributed by atoms with Gasteiger partial charge in [0.05, 0.1) is 17.2 Å². The van der Waals surface area contributed by atoms with Gasteiger partial charge in [0.15, 0.2) is 0 Å². The van der Waals surface area contributed by atoms with Crippen LogP contribution in [0.5, 0.6) is 5.75 Å². The number of nitrogens with zero attached hydrogens (tertiary/aromatic N) is 1. The molecule has 0 bridgehead atoms. The van der Waals surface area contributed by atoms with Gasteiger partial charge in [-0.25, -0.2) is 0 Å². The van der Waals surface area contributed by atoms with Gasteiger partial charge in [0.25, 0.3) is 5.91 Å². The maximum absolute atomic E-state index is 12.9. The average molecular weight is 362 g/mol. The van der Waals surface area contributed by atoms with Crippen molar-refractivity contribution in [2.24, 2.45) is 0 Å². The van der Waals surface area contributed by atoms with E-state index in [1.165, 1.54) is 12.1 Å². The SMILES string of the molecule is O=C1c2cc(-c3ccc(C(F)(F)F)cc3)ccc2OC[C@@H]2CNCCN12. The van der Waals surface area contributed by atoms with Crippen LogP contribution in [0.4, 0.5) is 13.2 Å². The highest BCUT2D eigenvalue weighted by molar-refractivity contribution is 5.99. The van der Waals surface area contributed by atoms with Gasteiger partial charge >= 0.3 is 6.18 Å². The Morgan fingerprint density at radius 2 is 1.81 bits per heavy atom. The molecule has 0 spiro atoms. The van der Waals surface area contributed by atoms with Gasteiger partial charge in [0.2, 0.25) is 0 Å². The molecule has 1 fully saturated rings. The topological polar surface area (TPSA) is 41.6 Å². The zero-order chi connectivity index (χ0) is 18.3. The van der Waals surface area contributed by atoms with Crippen LogP contribution >= 0.6 is 0 Å². The minimum atomic E-state index is -4.37. The molecule has 2 aromatic carbocycles. The Hall–Kier alpha value is -2.54. The summed E-state index contributed by atoms with van der Waals surface area (Å²) in [6.45, 7) is 2.45. The number of halogens is 3. The lowest BCUT2D eigenvalue weighted by molar-refractivity contribution is -0.137. The van der Waals surface area contributed by atoms with Crippen LogP contribution in [0.3, 0.4) is 0 Å². The third-order valence-corrected chi connectivity index (χ3v) is 4.80. The van der Waals surface area contributed by atoms with E-state index in [1.54, 1.807) is 23.1 Å². The number of alkyl halides is 3. The maximum Gasteiger partial charge on any atom is 0.416 e. The Labute approximate surface area is 148 Å². The molecule has 0 aliphatic carbocycles. The quantitative estimate of drug-likeness (QED) is 0.847. The molecule has 0 radical (unpaired) electrons. The van der Waals surface area contributed by atoms with Crippen molar-refractivity contribution in [3.63, 3.8) is 0 Å². The van der Waals surface area contributed by atoms with E-state index in [1.807, 2.05) is 0 Å². The predicted octanol–water partition coefficient (Wildman–Crippen LogP) is 3.18. The molecule has 2 aromatic rings. The molecule has 0 saturated carbocycles. The molecule has 1 atom stereocenters. The molecule has 1 saturated heterocycles. The zero-order valence-corrected chi connectivity index (χ0v) is 13.8. The molecule has 2 heterocycles. The van der Waals surface area contributed by atoms with Crippen LogP contribution in [0.1, 0.15) is 15.9 Å². The van der Waals surface area contributed by atoms with Crippen LogP contribution in [-0.4, -0.2) is 43.1 Å². The highest BCUT2D eigenvalue weighted by Gasteiger charge is 2.33. The van der Waals surface area contributed by atoms with Gasteiger partial charge in [0.1, 0.15) is 12.4 Å². The Morgan fingerprint density at radius 3 is 2.54 bits per heavy atom. The number of amides is 1. The van der Waals surface area contributed by atoms with Crippen LogP contribution in [0.15, 0.2) is 42.5 Å². The van der Waals surface area contributed by atoms with E-state index in [2.05, 4.69) is 5.32 Å². The molecular formula is C19H17F3N2O2. The Kier molecular flexibility index (Phi) is 4.11. The van der Waals surface area contributed by atoms with Crippen LogP contribution in [0.25, 0.3) is 11.1 Å². The van der Waals surface area contributed by atoms with E-state index in [4.69, 9.17) is 4.74 Å². The number of carbonyl (C=O) groups excluding carboxylic acids is 1. The first-order valence-corrected chi connectivity index (χ1v) is 8.39. The first kappa shape index (κ1) is 16.9. The summed E-state index contributed by atoms with van der Waals surface area (Å²) in [5.74, 6) is 0.415. The lowest BCUT2D eigenvalue weighted by Gasteiger charge is -2.33. The first-order valence-electron chi connectivity index (χ1n) is 8.39. The van der Waals surface area contributed by atoms with Crippen LogP contribution in [0.2, 0.25) is 0 Å². The summed E-state index contributed by atoms with van der Waals surface area (Å²) in [6.07, 6.45) is -4.37. The summed E-state index contributed by atoms with van der Waals surface area (Å²) in [5, 5.41) is 3.25. The summed E-state index contributed by atoms with van der Waals surface area (Å²) in [7, 11) is 0. The first-order chi connectivity index (χ1) is 12.4. The van der Waals surface area contributed by atoms with Gasteiger partial charge in [-0.05, 0) is 35.4 Å². The summed E-state index contributed by atoms with van der Waals surface area (Å²) in [5.41, 5.74) is 1.06. The Morgan fingerprint density at radius 1 is 1.08 bits per heavy atom. The van der Waals surface area contributed by atoms with E-state index in [0.29, 0.717) is 42.1 Å². The highest BCUT2D eigenvalue weighted by atomic mass is 19.4. The maximum atomic E-state index is 12.9. The van der Waals surface area contributed by atoms with E-state index in [0.717, 1.165) is 18.7 Å². The number of hydrogen-bond acceptors (Lipinski definition) is 3. The van der Waals surface area contributed by atoms with Crippen molar-refractivity contribution >= 4 is 5.91 Å². The Balaban J connectivity index is 1.68. The van der Waals surface area contributed by atoms with Crippen molar-refractivity contribution in [1.29, 1.82) is 0 Å². The number of carbonyl (C=O) groups is 1. The van der Waals surface area contributed by atoms with E-state index in [-0.39, 0.29) is 11.9 Å². The Bertz CT molecular complexity index is 834. The number of rotatable bonds is 1. The zero-order valence-electron chi connectivity index (χ0n) is 13.8. The third-order valence-electron chi connectivity index (χ3n) is 4.80. The molecule has 1 amide bonds. The predicted molar refractivity (Wildman–Crippen MR) is 90.1 cm³/mol. The number of ether oxygens (including phenoxy) is 1. The van der Waals surface area contributed by atoms with Gasteiger partial charge < -0.3 is 15.0 Å². The van der Waals surface area contributed by atoms with Gasteiger partial charge in [-0.2, -0.15) is 13.2 Å². The molecule has 0 aromatic heterocycles. The van der Waals surface area contributed by atoms with E-state index < -0.39 is 11.7 Å². The molecule has 2 aliphatic rings. The fraction of sp³-hybridized carbons (Fsp3) is 0.316. The lowest BCUT2D eigenvalue weighted by Crippen LogP contribution is -2.54. The standard InChI is InChI=1S/C19H17F3N2O2/c20-19(21,22)14-4-1-12(2-5-14)13-3-6-17-16(9-13)18(25)24-8-7-23-10-15(24)11-26-17/h1-6,9,15,23H,7-8,10-11H2/t15-/m0/s1. The third kappa shape index (κ3) is 3.03. The summed E-state index contributed by atoms with van der Waals surface area (Å²) in [4.78, 5) is 14.7. The van der Waals surface area contributed by atoms with E-state index >= 15 is 0 Å². The second-order valence-corrected chi connectivity index (χ2v) is 6.45. The second kappa shape index (κ2) is 6.32. The van der Waals surface area contributed by atoms with Crippen LogP contribution in [0, 0.1) is 0 Å². The van der Waals surface area contributed by atoms with Crippen molar-refractivity contribution in [3.05, 3.63) is 53.6 Å². The molecule has 7 heteroatoms. The molecule has 2 aliphatic heterocycles. The van der Waals surface area contributed by atoms with Crippen molar-refractivity contribution in [2.45, 2.75) is 12.2 Å². The molecule has 26 heavy (non-hydrogen) atoms. The minimum absolute atomic E-state index is 0.0156. The van der Waals surface area contributed by atoms with Gasteiger partial charge in [-0.1, -0.05) is 18.2 Å². The minimum Gasteiger partial charge on any atom is -0.491 e. The molecule has 4 rings (SSSR count). The normalized spacial score (nSPS) is 20.0. The molecule has 0 unspecified atom stereocenters. The van der Waals surface area contributed by atoms with Crippen molar-refractivity contribution in [2.75, 3.05) is 26.2 Å². The monoisotopic (exact) mass is 362 g/mol. The largest absolute Gasteiger partial charge is 0.491 e. The van der Waals surface area contributed by atoms with Gasteiger partial charge in [0, 0.05) is 19.6 Å². The number of hydrogen-bond donors (Lipinski definition) is 1. The fourth-order valence-corrected chi connectivity index (χ4v) is 3.37. The molecule has 136 valence electrons. The number of nitrogens with one attached hydrogen (secondary N) is 1.